The Hall–Kier alpha value is -2.13. The van der Waals surface area contributed by atoms with Gasteiger partial charge in [0.2, 0.25) is 15.7 Å². The minimum atomic E-state index is -4.81. The number of halogens is 2. The third-order valence-corrected chi connectivity index (χ3v) is 6.66. The summed E-state index contributed by atoms with van der Waals surface area (Å²) in [6.45, 7) is 0.676. The van der Waals surface area contributed by atoms with Crippen molar-refractivity contribution in [3.63, 3.8) is 0 Å². The second kappa shape index (κ2) is 8.26. The molecule has 1 heterocycles. The van der Waals surface area contributed by atoms with E-state index in [-0.39, 0.29) is 12.2 Å². The summed E-state index contributed by atoms with van der Waals surface area (Å²) >= 11 is 1.72. The molecule has 1 N–H and O–H groups in total. The summed E-state index contributed by atoms with van der Waals surface area (Å²) in [6.07, 6.45) is 0.892. The Morgan fingerprint density at radius 3 is 2.63 bits per heavy atom. The van der Waals surface area contributed by atoms with Gasteiger partial charge >= 0.3 is 5.76 Å². The molecule has 2 aromatic carbocycles. The quantitative estimate of drug-likeness (QED) is 0.813. The van der Waals surface area contributed by atoms with Crippen LogP contribution in [0.5, 0.6) is 0 Å². The number of rotatable bonds is 5. The number of alkyl halides is 2. The number of amides is 1. The van der Waals surface area contributed by atoms with E-state index in [2.05, 4.69) is 5.32 Å². The molecule has 27 heavy (non-hydrogen) atoms. The number of para-hydroxylation sites is 2. The van der Waals surface area contributed by atoms with Crippen molar-refractivity contribution in [1.82, 2.24) is 0 Å². The number of benzene rings is 2. The molecule has 1 aliphatic heterocycles. The number of hydrogen-bond donors (Lipinski definition) is 1. The van der Waals surface area contributed by atoms with Crippen molar-refractivity contribution in [2.75, 3.05) is 29.1 Å². The summed E-state index contributed by atoms with van der Waals surface area (Å²) in [7, 11) is -4.81. The number of carbonyl (C=O) groups excluding carboxylic acids is 1. The number of nitrogens with zero attached hydrogens (tertiary/aromatic N) is 1. The molecule has 2 aromatic rings. The first-order valence-corrected chi connectivity index (χ1v) is 10.8. The average Bonchev–Trinajstić information content (AvgIpc) is 2.84. The van der Waals surface area contributed by atoms with Gasteiger partial charge in [0.15, 0.2) is 0 Å². The van der Waals surface area contributed by atoms with E-state index in [0.29, 0.717) is 6.54 Å². The lowest BCUT2D eigenvalue weighted by molar-refractivity contribution is -0.115. The largest absolute Gasteiger partial charge is 0.361 e. The average molecular weight is 412 g/mol. The van der Waals surface area contributed by atoms with Crippen molar-refractivity contribution in [3.8, 4) is 0 Å². The molecule has 0 fully saturated rings. The molecule has 0 saturated heterocycles. The van der Waals surface area contributed by atoms with E-state index in [4.69, 9.17) is 0 Å². The monoisotopic (exact) mass is 412 g/mol. The summed E-state index contributed by atoms with van der Waals surface area (Å²) in [5, 5.41) is 2.47. The molecule has 0 bridgehead atoms. The van der Waals surface area contributed by atoms with Crippen LogP contribution in [0.1, 0.15) is 6.42 Å². The number of hydrogen-bond acceptors (Lipinski definition) is 5. The molecule has 0 atom stereocenters. The van der Waals surface area contributed by atoms with E-state index in [1.54, 1.807) is 11.8 Å². The molecule has 1 amide bonds. The van der Waals surface area contributed by atoms with Crippen LogP contribution < -0.4 is 10.2 Å². The van der Waals surface area contributed by atoms with Crippen molar-refractivity contribution in [2.45, 2.75) is 22.0 Å². The van der Waals surface area contributed by atoms with Gasteiger partial charge in [-0.2, -0.15) is 8.78 Å². The topological polar surface area (TPSA) is 66.5 Å². The van der Waals surface area contributed by atoms with Gasteiger partial charge in [0.25, 0.3) is 0 Å². The first-order valence-electron chi connectivity index (χ1n) is 8.27. The van der Waals surface area contributed by atoms with E-state index in [0.717, 1.165) is 28.8 Å². The van der Waals surface area contributed by atoms with Gasteiger partial charge in [-0.25, -0.2) is 8.42 Å². The predicted molar refractivity (Wildman–Crippen MR) is 102 cm³/mol. The van der Waals surface area contributed by atoms with Crippen LogP contribution in [0.25, 0.3) is 0 Å². The molecule has 3 rings (SSSR count). The molecular formula is C18H18F2N2O3S2. The second-order valence-electron chi connectivity index (χ2n) is 5.94. The normalized spacial score (nSPS) is 14.6. The molecular weight excluding hydrogens is 394 g/mol. The van der Waals surface area contributed by atoms with E-state index >= 15 is 0 Å². The molecule has 5 nitrogen and oxygen atoms in total. The van der Waals surface area contributed by atoms with Crippen LogP contribution in [0, 0.1) is 0 Å². The Morgan fingerprint density at radius 2 is 1.85 bits per heavy atom. The van der Waals surface area contributed by atoms with Gasteiger partial charge in [-0.3, -0.25) is 4.79 Å². The predicted octanol–water partition coefficient (Wildman–Crippen LogP) is 3.62. The van der Waals surface area contributed by atoms with Gasteiger partial charge in [0.05, 0.1) is 22.8 Å². The first-order chi connectivity index (χ1) is 12.9. The zero-order valence-corrected chi connectivity index (χ0v) is 15.9. The lowest BCUT2D eigenvalue weighted by Crippen LogP contribution is -2.34. The fourth-order valence-corrected chi connectivity index (χ4v) is 4.74. The molecule has 0 aromatic heterocycles. The molecule has 1 aliphatic rings. The lowest BCUT2D eigenvalue weighted by Gasteiger charge is -2.24. The highest BCUT2D eigenvalue weighted by Crippen LogP contribution is 2.33. The van der Waals surface area contributed by atoms with Crippen molar-refractivity contribution in [1.29, 1.82) is 0 Å². The van der Waals surface area contributed by atoms with Crippen LogP contribution in [0.4, 0.5) is 20.2 Å². The van der Waals surface area contributed by atoms with Gasteiger partial charge in [0, 0.05) is 11.4 Å². The lowest BCUT2D eigenvalue weighted by atomic mass is 10.2. The molecule has 9 heteroatoms. The summed E-state index contributed by atoms with van der Waals surface area (Å²) in [6, 6.07) is 12.9. The molecule has 0 radical (unpaired) electrons. The molecule has 0 aliphatic carbocycles. The fraction of sp³-hybridized carbons (Fsp3) is 0.278. The minimum absolute atomic E-state index is 0.000629. The van der Waals surface area contributed by atoms with Crippen molar-refractivity contribution >= 4 is 38.9 Å². The van der Waals surface area contributed by atoms with Gasteiger partial charge in [-0.05, 0) is 36.4 Å². The van der Waals surface area contributed by atoms with Crippen molar-refractivity contribution in [2.24, 2.45) is 0 Å². The summed E-state index contributed by atoms with van der Waals surface area (Å²) < 4.78 is 49.4. The molecule has 144 valence electrons. The van der Waals surface area contributed by atoms with Crippen molar-refractivity contribution < 1.29 is 22.0 Å². The van der Waals surface area contributed by atoms with Crippen LogP contribution in [0.15, 0.2) is 58.3 Å². The highest BCUT2D eigenvalue weighted by molar-refractivity contribution is 7.99. The Balaban J connectivity index is 1.80. The van der Waals surface area contributed by atoms with Crippen LogP contribution in [0.3, 0.4) is 0 Å². The van der Waals surface area contributed by atoms with E-state index < -0.39 is 26.4 Å². The van der Waals surface area contributed by atoms with Crippen LogP contribution in [-0.2, 0) is 14.6 Å². The van der Waals surface area contributed by atoms with E-state index in [1.807, 2.05) is 29.2 Å². The van der Waals surface area contributed by atoms with Crippen molar-refractivity contribution in [3.05, 3.63) is 48.5 Å². The zero-order valence-electron chi connectivity index (χ0n) is 14.3. The van der Waals surface area contributed by atoms with Crippen LogP contribution in [0.2, 0.25) is 0 Å². The maximum atomic E-state index is 12.9. The van der Waals surface area contributed by atoms with Gasteiger partial charge in [0.1, 0.15) is 0 Å². The molecule has 0 unspecified atom stereocenters. The van der Waals surface area contributed by atoms with Gasteiger partial charge in [-0.15, -0.1) is 11.8 Å². The van der Waals surface area contributed by atoms with E-state index in [1.165, 1.54) is 18.2 Å². The zero-order chi connectivity index (χ0) is 19.4. The SMILES string of the molecule is O=C(CN1CCCSc2ccccc21)Nc1ccccc1S(=O)(=O)C(F)F. The second-order valence-corrected chi connectivity index (χ2v) is 8.96. The third-order valence-electron chi connectivity index (χ3n) is 4.07. The first kappa shape index (κ1) is 19.6. The van der Waals surface area contributed by atoms with Crippen LogP contribution in [-0.4, -0.2) is 38.9 Å². The number of sulfone groups is 1. The van der Waals surface area contributed by atoms with E-state index in [9.17, 15) is 22.0 Å². The Morgan fingerprint density at radius 1 is 1.15 bits per heavy atom. The molecule has 0 saturated carbocycles. The number of nitrogens with one attached hydrogen (secondary N) is 1. The summed E-state index contributed by atoms with van der Waals surface area (Å²) in [5.41, 5.74) is 0.795. The number of carbonyl (C=O) groups is 1. The Labute approximate surface area is 160 Å². The number of thioether (sulfide) groups is 1. The fourth-order valence-electron chi connectivity index (χ4n) is 2.84. The number of anilines is 2. The highest BCUT2D eigenvalue weighted by Gasteiger charge is 2.29. The Kier molecular flexibility index (Phi) is 6.01. The number of fused-ring (bicyclic) bond motifs is 1. The van der Waals surface area contributed by atoms with Gasteiger partial charge < -0.3 is 10.2 Å². The maximum absolute atomic E-state index is 12.9. The highest BCUT2D eigenvalue weighted by atomic mass is 32.2. The summed E-state index contributed by atoms with van der Waals surface area (Å²) in [5.74, 6) is -3.08. The summed E-state index contributed by atoms with van der Waals surface area (Å²) in [4.78, 5) is 14.9. The van der Waals surface area contributed by atoms with Crippen LogP contribution >= 0.6 is 11.8 Å². The maximum Gasteiger partial charge on any atom is 0.341 e. The molecule has 0 spiro atoms. The Bertz CT molecular complexity index is 936. The smallest absolute Gasteiger partial charge is 0.341 e. The minimum Gasteiger partial charge on any atom is -0.361 e. The standard InChI is InChI=1S/C18H18F2N2O3S2/c19-18(20)27(24,25)16-9-4-1-6-13(16)21-17(23)12-22-10-5-11-26-15-8-3-2-7-14(15)22/h1-4,6-9,18H,5,10-12H2,(H,21,23). The third kappa shape index (κ3) is 4.41. The van der Waals surface area contributed by atoms with Gasteiger partial charge in [-0.1, -0.05) is 24.3 Å².